The molecule has 0 atom stereocenters. The van der Waals surface area contributed by atoms with Crippen molar-refractivity contribution in [3.8, 4) is 6.07 Å². The molecular formula is C14H19FN2. The summed E-state index contributed by atoms with van der Waals surface area (Å²) in [5.41, 5.74) is 0.712. The number of hydrogen-bond acceptors (Lipinski definition) is 2. The Morgan fingerprint density at radius 2 is 2.00 bits per heavy atom. The first-order valence-electron chi connectivity index (χ1n) is 6.22. The van der Waals surface area contributed by atoms with Crippen molar-refractivity contribution >= 4 is 5.69 Å². The van der Waals surface area contributed by atoms with Gasteiger partial charge in [0.1, 0.15) is 17.4 Å². The monoisotopic (exact) mass is 234 g/mol. The summed E-state index contributed by atoms with van der Waals surface area (Å²) >= 11 is 0. The number of rotatable bonds is 7. The van der Waals surface area contributed by atoms with E-state index in [2.05, 4.69) is 12.2 Å². The minimum atomic E-state index is -0.455. The third-order valence-electron chi connectivity index (χ3n) is 2.72. The topological polar surface area (TPSA) is 35.8 Å². The molecule has 3 heteroatoms. The Labute approximate surface area is 102 Å². The molecule has 0 unspecified atom stereocenters. The number of benzene rings is 1. The molecule has 0 fully saturated rings. The predicted octanol–water partition coefficient (Wildman–Crippen LogP) is 4.08. The summed E-state index contributed by atoms with van der Waals surface area (Å²) in [4.78, 5) is 0. The van der Waals surface area contributed by atoms with Crippen LogP contribution in [0.3, 0.4) is 0 Å². The fraction of sp³-hybridized carbons (Fsp3) is 0.500. The van der Waals surface area contributed by atoms with Crippen molar-refractivity contribution in [2.45, 2.75) is 39.0 Å². The van der Waals surface area contributed by atoms with E-state index in [-0.39, 0.29) is 5.56 Å². The molecular weight excluding hydrogens is 215 g/mol. The van der Waals surface area contributed by atoms with Crippen LogP contribution in [0.15, 0.2) is 18.2 Å². The second-order valence-electron chi connectivity index (χ2n) is 4.12. The second kappa shape index (κ2) is 7.67. The molecule has 0 saturated carbocycles. The van der Waals surface area contributed by atoms with Crippen molar-refractivity contribution in [3.63, 3.8) is 0 Å². The van der Waals surface area contributed by atoms with E-state index in [1.54, 1.807) is 12.1 Å². The lowest BCUT2D eigenvalue weighted by Crippen LogP contribution is -2.04. The molecule has 0 bridgehead atoms. The first-order valence-corrected chi connectivity index (χ1v) is 6.22. The van der Waals surface area contributed by atoms with E-state index < -0.39 is 5.82 Å². The molecule has 1 aromatic carbocycles. The average Bonchev–Trinajstić information content (AvgIpc) is 2.34. The van der Waals surface area contributed by atoms with Gasteiger partial charge in [0, 0.05) is 6.54 Å². The van der Waals surface area contributed by atoms with Gasteiger partial charge in [0.05, 0.1) is 5.69 Å². The zero-order chi connectivity index (χ0) is 12.5. The Morgan fingerprint density at radius 3 is 2.71 bits per heavy atom. The summed E-state index contributed by atoms with van der Waals surface area (Å²) in [6.07, 6.45) is 5.98. The fourth-order valence-corrected chi connectivity index (χ4v) is 1.74. The third kappa shape index (κ3) is 4.44. The maximum Gasteiger partial charge on any atom is 0.143 e. The lowest BCUT2D eigenvalue weighted by Gasteiger charge is -2.08. The first kappa shape index (κ1) is 13.5. The van der Waals surface area contributed by atoms with Crippen LogP contribution in [-0.4, -0.2) is 6.54 Å². The molecule has 0 aliphatic carbocycles. The third-order valence-corrected chi connectivity index (χ3v) is 2.72. The highest BCUT2D eigenvalue weighted by Crippen LogP contribution is 2.17. The van der Waals surface area contributed by atoms with Crippen LogP contribution >= 0.6 is 0 Å². The van der Waals surface area contributed by atoms with Crippen LogP contribution in [0, 0.1) is 17.1 Å². The van der Waals surface area contributed by atoms with Gasteiger partial charge in [-0.1, -0.05) is 38.7 Å². The Bertz CT molecular complexity index is 382. The lowest BCUT2D eigenvalue weighted by atomic mass is 10.1. The van der Waals surface area contributed by atoms with Crippen molar-refractivity contribution in [1.82, 2.24) is 0 Å². The summed E-state index contributed by atoms with van der Waals surface area (Å²) in [6.45, 7) is 2.98. The van der Waals surface area contributed by atoms with Gasteiger partial charge < -0.3 is 5.32 Å². The first-order chi connectivity index (χ1) is 8.29. The van der Waals surface area contributed by atoms with Gasteiger partial charge in [-0.25, -0.2) is 4.39 Å². The Balaban J connectivity index is 2.37. The number of hydrogen-bond donors (Lipinski definition) is 1. The van der Waals surface area contributed by atoms with E-state index in [9.17, 15) is 4.39 Å². The normalized spacial score (nSPS) is 9.94. The highest BCUT2D eigenvalue weighted by atomic mass is 19.1. The number of unbranched alkanes of at least 4 members (excludes halogenated alkanes) is 4. The summed E-state index contributed by atoms with van der Waals surface area (Å²) in [7, 11) is 0. The van der Waals surface area contributed by atoms with Crippen LogP contribution in [-0.2, 0) is 0 Å². The van der Waals surface area contributed by atoms with Gasteiger partial charge in [0.2, 0.25) is 0 Å². The van der Waals surface area contributed by atoms with E-state index in [1.165, 1.54) is 31.7 Å². The molecule has 1 rings (SSSR count). The smallest absolute Gasteiger partial charge is 0.143 e. The van der Waals surface area contributed by atoms with Crippen molar-refractivity contribution in [3.05, 3.63) is 29.6 Å². The number of halogens is 1. The standard InChI is InChI=1S/C14H19FN2/c1-2-3-4-5-6-10-17-14-9-7-8-13(15)12(14)11-16/h7-9,17H,2-6,10H2,1H3. The van der Waals surface area contributed by atoms with Gasteiger partial charge in [-0.15, -0.1) is 0 Å². The van der Waals surface area contributed by atoms with Crippen LogP contribution in [0.4, 0.5) is 10.1 Å². The zero-order valence-corrected chi connectivity index (χ0v) is 10.3. The fourth-order valence-electron chi connectivity index (χ4n) is 1.74. The van der Waals surface area contributed by atoms with E-state index in [1.807, 2.05) is 6.07 Å². The molecule has 0 aromatic heterocycles. The summed E-state index contributed by atoms with van der Waals surface area (Å²) in [6, 6.07) is 6.56. The zero-order valence-electron chi connectivity index (χ0n) is 10.3. The molecule has 0 radical (unpaired) electrons. The minimum absolute atomic E-state index is 0.112. The van der Waals surface area contributed by atoms with Gasteiger partial charge >= 0.3 is 0 Å². The highest BCUT2D eigenvalue weighted by Gasteiger charge is 2.06. The summed E-state index contributed by atoms with van der Waals surface area (Å²) < 4.78 is 13.3. The van der Waals surface area contributed by atoms with Crippen LogP contribution < -0.4 is 5.32 Å². The maximum atomic E-state index is 13.3. The largest absolute Gasteiger partial charge is 0.384 e. The average molecular weight is 234 g/mol. The van der Waals surface area contributed by atoms with Crippen LogP contribution in [0.1, 0.15) is 44.6 Å². The van der Waals surface area contributed by atoms with Gasteiger partial charge in [0.25, 0.3) is 0 Å². The molecule has 2 nitrogen and oxygen atoms in total. The van der Waals surface area contributed by atoms with Crippen LogP contribution in [0.2, 0.25) is 0 Å². The Kier molecular flexibility index (Phi) is 6.09. The van der Waals surface area contributed by atoms with E-state index >= 15 is 0 Å². The summed E-state index contributed by atoms with van der Waals surface area (Å²) in [5, 5.41) is 12.0. The number of nitriles is 1. The molecule has 92 valence electrons. The molecule has 0 spiro atoms. The Morgan fingerprint density at radius 1 is 1.24 bits per heavy atom. The van der Waals surface area contributed by atoms with Crippen LogP contribution in [0.5, 0.6) is 0 Å². The lowest BCUT2D eigenvalue weighted by molar-refractivity contribution is 0.623. The molecule has 1 aromatic rings. The van der Waals surface area contributed by atoms with Gasteiger partial charge in [-0.2, -0.15) is 5.26 Å². The molecule has 0 heterocycles. The van der Waals surface area contributed by atoms with E-state index in [0.717, 1.165) is 13.0 Å². The summed E-state index contributed by atoms with van der Waals surface area (Å²) in [5.74, 6) is -0.455. The van der Waals surface area contributed by atoms with Gasteiger partial charge in [-0.05, 0) is 18.6 Å². The Hall–Kier alpha value is -1.56. The van der Waals surface area contributed by atoms with E-state index in [0.29, 0.717) is 5.69 Å². The maximum absolute atomic E-state index is 13.3. The second-order valence-corrected chi connectivity index (χ2v) is 4.12. The van der Waals surface area contributed by atoms with Crippen molar-refractivity contribution in [2.75, 3.05) is 11.9 Å². The number of nitrogens with one attached hydrogen (secondary N) is 1. The van der Waals surface area contributed by atoms with Gasteiger partial charge in [-0.3, -0.25) is 0 Å². The SMILES string of the molecule is CCCCCCCNc1cccc(F)c1C#N. The molecule has 0 saturated heterocycles. The van der Waals surface area contributed by atoms with Crippen molar-refractivity contribution < 1.29 is 4.39 Å². The molecule has 1 N–H and O–H groups in total. The quantitative estimate of drug-likeness (QED) is 0.721. The molecule has 0 aliphatic rings. The number of anilines is 1. The van der Waals surface area contributed by atoms with Crippen molar-refractivity contribution in [2.24, 2.45) is 0 Å². The minimum Gasteiger partial charge on any atom is -0.384 e. The number of nitrogens with zero attached hydrogens (tertiary/aromatic N) is 1. The van der Waals surface area contributed by atoms with Gasteiger partial charge in [0.15, 0.2) is 0 Å². The molecule has 17 heavy (non-hydrogen) atoms. The predicted molar refractivity (Wildman–Crippen MR) is 68.4 cm³/mol. The highest BCUT2D eigenvalue weighted by molar-refractivity contribution is 5.57. The van der Waals surface area contributed by atoms with Crippen LogP contribution in [0.25, 0.3) is 0 Å². The molecule has 0 amide bonds. The molecule has 0 aliphatic heterocycles. The van der Waals surface area contributed by atoms with E-state index in [4.69, 9.17) is 5.26 Å². The van der Waals surface area contributed by atoms with Crippen molar-refractivity contribution in [1.29, 1.82) is 5.26 Å².